The molecule has 4 heteroatoms. The number of nitrogens with zero attached hydrogens (tertiary/aromatic N) is 2. The lowest BCUT2D eigenvalue weighted by Crippen LogP contribution is -1.97. The van der Waals surface area contributed by atoms with Crippen LogP contribution in [0.25, 0.3) is 6.08 Å². The van der Waals surface area contributed by atoms with Crippen LogP contribution in [0.2, 0.25) is 0 Å². The maximum Gasteiger partial charge on any atom is 0.220 e. The van der Waals surface area contributed by atoms with Gasteiger partial charge >= 0.3 is 0 Å². The van der Waals surface area contributed by atoms with Gasteiger partial charge in [0.2, 0.25) is 5.88 Å². The van der Waals surface area contributed by atoms with Crippen LogP contribution < -0.4 is 4.74 Å². The lowest BCUT2D eigenvalue weighted by atomic mass is 10.0. The number of pyridine rings is 1. The molecular weight excluding hydrogens is 324 g/mol. The van der Waals surface area contributed by atoms with Crippen LogP contribution >= 0.6 is 0 Å². The first kappa shape index (κ1) is 19.2. The van der Waals surface area contributed by atoms with Gasteiger partial charge in [0.15, 0.2) is 5.90 Å². The van der Waals surface area contributed by atoms with Crippen molar-refractivity contribution in [3.63, 3.8) is 0 Å². The molecule has 26 heavy (non-hydrogen) atoms. The maximum absolute atomic E-state index is 5.74. The second kappa shape index (κ2) is 10.0. The van der Waals surface area contributed by atoms with Gasteiger partial charge in [-0.1, -0.05) is 19.9 Å². The lowest BCUT2D eigenvalue weighted by Gasteiger charge is -2.04. The zero-order valence-electron chi connectivity index (χ0n) is 15.6. The Kier molecular flexibility index (Phi) is 7.41. The van der Waals surface area contributed by atoms with E-state index in [9.17, 15) is 0 Å². The molecule has 0 N–H and O–H groups in total. The van der Waals surface area contributed by atoms with E-state index in [1.54, 1.807) is 19.5 Å². The molecule has 0 aliphatic heterocycles. The van der Waals surface area contributed by atoms with Gasteiger partial charge in [-0.25, -0.2) is 9.98 Å². The summed E-state index contributed by atoms with van der Waals surface area (Å²) in [6, 6.07) is 3.80. The average Bonchev–Trinajstić information content (AvgIpc) is 2.87. The van der Waals surface area contributed by atoms with Crippen LogP contribution in [0, 0.1) is 5.92 Å². The van der Waals surface area contributed by atoms with E-state index in [0.29, 0.717) is 17.7 Å². The minimum absolute atomic E-state index is 0.429. The van der Waals surface area contributed by atoms with E-state index in [-0.39, 0.29) is 0 Å². The molecule has 1 heterocycles. The van der Waals surface area contributed by atoms with Crippen LogP contribution in [0.3, 0.4) is 0 Å². The number of hydrogen-bond donors (Lipinski definition) is 0. The van der Waals surface area contributed by atoms with Crippen molar-refractivity contribution in [1.29, 1.82) is 0 Å². The van der Waals surface area contributed by atoms with Crippen molar-refractivity contribution in [1.82, 2.24) is 4.98 Å². The summed E-state index contributed by atoms with van der Waals surface area (Å²) in [6.07, 6.45) is 16.7. The van der Waals surface area contributed by atoms with Gasteiger partial charge in [0.05, 0.1) is 7.11 Å². The number of allylic oxidation sites excluding steroid dienone is 6. The van der Waals surface area contributed by atoms with E-state index in [2.05, 4.69) is 29.6 Å². The molecule has 0 spiro atoms. The predicted molar refractivity (Wildman–Crippen MR) is 107 cm³/mol. The van der Waals surface area contributed by atoms with E-state index in [4.69, 9.17) is 9.47 Å². The normalized spacial score (nSPS) is 14.7. The zero-order chi connectivity index (χ0) is 18.8. The third-order valence-electron chi connectivity index (χ3n) is 3.54. The summed E-state index contributed by atoms with van der Waals surface area (Å²) >= 11 is 0. The lowest BCUT2D eigenvalue weighted by molar-refractivity contribution is 0.397. The highest BCUT2D eigenvalue weighted by Crippen LogP contribution is 2.16. The van der Waals surface area contributed by atoms with Crippen LogP contribution in [0.5, 0.6) is 5.88 Å². The van der Waals surface area contributed by atoms with Gasteiger partial charge < -0.3 is 9.47 Å². The van der Waals surface area contributed by atoms with E-state index < -0.39 is 0 Å². The van der Waals surface area contributed by atoms with Gasteiger partial charge in [0.1, 0.15) is 5.76 Å². The summed E-state index contributed by atoms with van der Waals surface area (Å²) in [6.45, 7) is 6.09. The molecule has 4 nitrogen and oxygen atoms in total. The Morgan fingerprint density at radius 3 is 2.88 bits per heavy atom. The highest BCUT2D eigenvalue weighted by Gasteiger charge is 2.02. The molecule has 0 aromatic carbocycles. The first-order valence-electron chi connectivity index (χ1n) is 8.49. The standard InChI is InChI=1S/C22H24N2O2/c1-17(2)19-10-7-12-21(14-13-19)26-18(3)23-15-6-5-9-20-11-8-16-24-22(20)25-4/h5-9,11-17H,1-4H3/b9-5+,15-6-,23-18+. The smallest absolute Gasteiger partial charge is 0.220 e. The topological polar surface area (TPSA) is 43.7 Å². The number of aromatic nitrogens is 1. The SMILES string of the molecule is COc1ncccc1/C=C/C=C\N=C(/C)OC1=CC=C=C(C(C)C)C=C1. The van der Waals surface area contributed by atoms with Crippen molar-refractivity contribution in [2.75, 3.05) is 7.11 Å². The minimum atomic E-state index is 0.429. The third-order valence-corrected chi connectivity index (χ3v) is 3.54. The molecule has 0 saturated carbocycles. The van der Waals surface area contributed by atoms with Gasteiger partial charge in [-0.3, -0.25) is 0 Å². The molecule has 1 aliphatic carbocycles. The first-order valence-corrected chi connectivity index (χ1v) is 8.49. The van der Waals surface area contributed by atoms with Crippen molar-refractivity contribution in [2.45, 2.75) is 20.8 Å². The molecule has 0 fully saturated rings. The Morgan fingerprint density at radius 2 is 2.12 bits per heavy atom. The van der Waals surface area contributed by atoms with Crippen LogP contribution in [-0.4, -0.2) is 18.0 Å². The number of aliphatic imine (C=N–C) groups is 1. The highest BCUT2D eigenvalue weighted by atomic mass is 16.5. The fourth-order valence-electron chi connectivity index (χ4n) is 2.18. The number of ether oxygens (including phenoxy) is 2. The molecule has 0 radical (unpaired) electrons. The maximum atomic E-state index is 5.74. The highest BCUT2D eigenvalue weighted by molar-refractivity contribution is 5.75. The second-order valence-electron chi connectivity index (χ2n) is 5.88. The van der Waals surface area contributed by atoms with E-state index >= 15 is 0 Å². The number of methoxy groups -OCH3 is 1. The van der Waals surface area contributed by atoms with Gasteiger partial charge in [-0.15, -0.1) is 5.73 Å². The molecular formula is C22H24N2O2. The van der Waals surface area contributed by atoms with Crippen molar-refractivity contribution in [2.24, 2.45) is 10.9 Å². The predicted octanol–water partition coefficient (Wildman–Crippen LogP) is 5.24. The fraction of sp³-hybridized carbons (Fsp3) is 0.227. The molecule has 0 saturated heterocycles. The van der Waals surface area contributed by atoms with Crippen LogP contribution in [0.4, 0.5) is 0 Å². The van der Waals surface area contributed by atoms with E-state index in [1.165, 1.54) is 0 Å². The number of hydrogen-bond acceptors (Lipinski definition) is 4. The minimum Gasteiger partial charge on any atom is -0.481 e. The quantitative estimate of drug-likeness (QED) is 0.305. The first-order chi connectivity index (χ1) is 12.6. The Hall–Kier alpha value is -3.10. The van der Waals surface area contributed by atoms with Crippen molar-refractivity contribution >= 4 is 12.0 Å². The second-order valence-corrected chi connectivity index (χ2v) is 5.88. The average molecular weight is 348 g/mol. The summed E-state index contributed by atoms with van der Waals surface area (Å²) < 4.78 is 10.9. The summed E-state index contributed by atoms with van der Waals surface area (Å²) in [4.78, 5) is 8.42. The summed E-state index contributed by atoms with van der Waals surface area (Å²) in [5.74, 6) is 2.32. The van der Waals surface area contributed by atoms with Gasteiger partial charge in [0, 0.05) is 24.9 Å². The summed E-state index contributed by atoms with van der Waals surface area (Å²) in [7, 11) is 1.60. The zero-order valence-corrected chi connectivity index (χ0v) is 15.6. The van der Waals surface area contributed by atoms with Crippen LogP contribution in [-0.2, 0) is 4.74 Å². The fourth-order valence-corrected chi connectivity index (χ4v) is 2.18. The molecule has 0 bridgehead atoms. The molecule has 1 aromatic heterocycles. The van der Waals surface area contributed by atoms with E-state index in [0.717, 1.165) is 16.9 Å². The largest absolute Gasteiger partial charge is 0.481 e. The third kappa shape index (κ3) is 6.08. The van der Waals surface area contributed by atoms with Gasteiger partial charge in [-0.2, -0.15) is 0 Å². The van der Waals surface area contributed by atoms with Crippen LogP contribution in [0.1, 0.15) is 26.3 Å². The Morgan fingerprint density at radius 1 is 1.27 bits per heavy atom. The molecule has 1 aromatic rings. The van der Waals surface area contributed by atoms with Crippen molar-refractivity contribution in [3.05, 3.63) is 83.6 Å². The molecule has 0 unspecified atom stereocenters. The summed E-state index contributed by atoms with van der Waals surface area (Å²) in [5.41, 5.74) is 5.29. The number of rotatable bonds is 6. The molecule has 0 amide bonds. The Labute approximate surface area is 155 Å². The summed E-state index contributed by atoms with van der Waals surface area (Å²) in [5, 5.41) is 0. The molecule has 0 atom stereocenters. The van der Waals surface area contributed by atoms with Crippen molar-refractivity contribution in [3.8, 4) is 5.88 Å². The van der Waals surface area contributed by atoms with Crippen molar-refractivity contribution < 1.29 is 9.47 Å². The van der Waals surface area contributed by atoms with Crippen LogP contribution in [0.15, 0.2) is 83.0 Å². The Bertz CT molecular complexity index is 833. The molecule has 134 valence electrons. The van der Waals surface area contributed by atoms with Gasteiger partial charge in [0.25, 0.3) is 0 Å². The van der Waals surface area contributed by atoms with E-state index in [1.807, 2.05) is 61.6 Å². The van der Waals surface area contributed by atoms with Gasteiger partial charge in [-0.05, 0) is 60.1 Å². The Balaban J connectivity index is 1.92. The molecule has 2 rings (SSSR count). The monoisotopic (exact) mass is 348 g/mol. The molecule has 1 aliphatic rings.